The van der Waals surface area contributed by atoms with Crippen LogP contribution in [0.25, 0.3) is 0 Å². The summed E-state index contributed by atoms with van der Waals surface area (Å²) in [7, 11) is -1.40. The molecule has 92 valence electrons. The van der Waals surface area contributed by atoms with E-state index in [4.69, 9.17) is 5.73 Å². The summed E-state index contributed by atoms with van der Waals surface area (Å²) in [5.41, 5.74) is 7.11. The van der Waals surface area contributed by atoms with E-state index in [1.54, 1.807) is 10.9 Å². The molecule has 1 rings (SSSR count). The topological polar surface area (TPSA) is 90.0 Å². The second-order valence-corrected chi connectivity index (χ2v) is 5.59. The molecule has 0 aliphatic rings. The molecule has 0 atom stereocenters. The van der Waals surface area contributed by atoms with E-state index in [0.29, 0.717) is 13.0 Å². The summed E-state index contributed by atoms with van der Waals surface area (Å²) in [5.74, 6) is 0.0722. The molecule has 0 spiro atoms. The van der Waals surface area contributed by atoms with E-state index >= 15 is 0 Å². The maximum Gasteiger partial charge on any atom is 0.211 e. The predicted molar refractivity (Wildman–Crippen MR) is 62.2 cm³/mol. The van der Waals surface area contributed by atoms with Crippen LogP contribution in [-0.4, -0.2) is 30.5 Å². The number of aromatic nitrogens is 2. The predicted octanol–water partition coefficient (Wildman–Crippen LogP) is -0.503. The summed E-state index contributed by atoms with van der Waals surface area (Å²) in [6, 6.07) is 0. The molecule has 1 heterocycles. The van der Waals surface area contributed by atoms with Gasteiger partial charge in [0, 0.05) is 24.8 Å². The van der Waals surface area contributed by atoms with Gasteiger partial charge in [0.15, 0.2) is 0 Å². The lowest BCUT2D eigenvalue weighted by atomic mass is 10.3. The molecule has 0 amide bonds. The first-order chi connectivity index (χ1) is 7.46. The van der Waals surface area contributed by atoms with Crippen LogP contribution >= 0.6 is 0 Å². The molecule has 0 aliphatic carbocycles. The molecular formula is C9H18N4O2S. The third-order valence-corrected chi connectivity index (χ3v) is 3.85. The van der Waals surface area contributed by atoms with Crippen LogP contribution in [0, 0.1) is 6.92 Å². The van der Waals surface area contributed by atoms with Crippen LogP contribution in [0.1, 0.15) is 17.7 Å². The zero-order chi connectivity index (χ0) is 12.2. The van der Waals surface area contributed by atoms with Crippen molar-refractivity contribution in [3.05, 3.63) is 17.5 Å². The molecule has 0 fully saturated rings. The summed E-state index contributed by atoms with van der Waals surface area (Å²) in [6.07, 6.45) is 2.14. The van der Waals surface area contributed by atoms with Crippen LogP contribution in [0.5, 0.6) is 0 Å². The highest BCUT2D eigenvalue weighted by atomic mass is 32.2. The number of nitrogens with zero attached hydrogens (tertiary/aromatic N) is 2. The van der Waals surface area contributed by atoms with Crippen molar-refractivity contribution in [1.29, 1.82) is 0 Å². The Kier molecular flexibility index (Phi) is 4.45. The van der Waals surface area contributed by atoms with Gasteiger partial charge in [0.05, 0.1) is 11.9 Å². The minimum absolute atomic E-state index is 0.0722. The quantitative estimate of drug-likeness (QED) is 0.708. The number of rotatable bonds is 6. The van der Waals surface area contributed by atoms with E-state index in [2.05, 4.69) is 9.82 Å². The highest BCUT2D eigenvalue weighted by Gasteiger charge is 2.11. The van der Waals surface area contributed by atoms with Crippen molar-refractivity contribution in [1.82, 2.24) is 14.5 Å². The van der Waals surface area contributed by atoms with Gasteiger partial charge in [-0.2, -0.15) is 5.10 Å². The minimum atomic E-state index is -3.22. The third kappa shape index (κ3) is 3.58. The van der Waals surface area contributed by atoms with Crippen molar-refractivity contribution in [3.63, 3.8) is 0 Å². The number of sulfonamides is 1. The Bertz CT molecular complexity index is 438. The van der Waals surface area contributed by atoms with E-state index in [1.807, 2.05) is 14.0 Å². The zero-order valence-corrected chi connectivity index (χ0v) is 10.4. The van der Waals surface area contributed by atoms with Crippen LogP contribution in [0.3, 0.4) is 0 Å². The molecule has 0 aliphatic heterocycles. The Morgan fingerprint density at radius 1 is 1.56 bits per heavy atom. The molecule has 0 saturated carbocycles. The molecule has 7 heteroatoms. The summed E-state index contributed by atoms with van der Waals surface area (Å²) in [6.45, 7) is 2.57. The van der Waals surface area contributed by atoms with Gasteiger partial charge in [-0.25, -0.2) is 13.1 Å². The molecule has 3 N–H and O–H groups in total. The zero-order valence-electron chi connectivity index (χ0n) is 9.60. The number of hydrogen-bond donors (Lipinski definition) is 2. The molecule has 0 saturated heterocycles. The fraction of sp³-hybridized carbons (Fsp3) is 0.667. The summed E-state index contributed by atoms with van der Waals surface area (Å²) >= 11 is 0. The van der Waals surface area contributed by atoms with Gasteiger partial charge in [-0.15, -0.1) is 0 Å². The summed E-state index contributed by atoms with van der Waals surface area (Å²) in [4.78, 5) is 0. The first-order valence-corrected chi connectivity index (χ1v) is 6.76. The normalized spacial score (nSPS) is 11.9. The Hall–Kier alpha value is -0.920. The van der Waals surface area contributed by atoms with E-state index in [-0.39, 0.29) is 12.3 Å². The average molecular weight is 246 g/mol. The number of aryl methyl sites for hydroxylation is 1. The average Bonchev–Trinajstić information content (AvgIpc) is 2.55. The number of nitrogens with one attached hydrogen (secondary N) is 1. The first kappa shape index (κ1) is 13.1. The maximum atomic E-state index is 11.5. The van der Waals surface area contributed by atoms with Crippen LogP contribution in [0.4, 0.5) is 0 Å². The summed E-state index contributed by atoms with van der Waals surface area (Å²) in [5, 5.41) is 4.04. The van der Waals surface area contributed by atoms with Gasteiger partial charge in [0.1, 0.15) is 0 Å². The molecule has 1 aromatic heterocycles. The molecule has 1 aromatic rings. The fourth-order valence-corrected chi connectivity index (χ4v) is 2.32. The highest BCUT2D eigenvalue weighted by molar-refractivity contribution is 7.89. The largest absolute Gasteiger partial charge is 0.330 e. The lowest BCUT2D eigenvalue weighted by Gasteiger charge is -2.05. The van der Waals surface area contributed by atoms with Crippen LogP contribution in [-0.2, 0) is 23.6 Å². The van der Waals surface area contributed by atoms with Gasteiger partial charge in [0.2, 0.25) is 10.0 Å². The molecule has 6 nitrogen and oxygen atoms in total. The molecule has 0 bridgehead atoms. The molecule has 0 aromatic carbocycles. The van der Waals surface area contributed by atoms with E-state index in [0.717, 1.165) is 11.3 Å². The molecule has 0 unspecified atom stereocenters. The van der Waals surface area contributed by atoms with Crippen molar-refractivity contribution in [3.8, 4) is 0 Å². The molecule has 0 radical (unpaired) electrons. The Balaban J connectivity index is 2.54. The first-order valence-electron chi connectivity index (χ1n) is 5.11. The van der Waals surface area contributed by atoms with Crippen molar-refractivity contribution >= 4 is 10.0 Å². The minimum Gasteiger partial charge on any atom is -0.330 e. The van der Waals surface area contributed by atoms with Gasteiger partial charge < -0.3 is 5.73 Å². The lowest BCUT2D eigenvalue weighted by molar-refractivity contribution is 0.578. The van der Waals surface area contributed by atoms with Crippen molar-refractivity contribution in [2.24, 2.45) is 12.8 Å². The van der Waals surface area contributed by atoms with E-state index in [1.165, 1.54) is 0 Å². The lowest BCUT2D eigenvalue weighted by Crippen LogP contribution is -2.27. The summed E-state index contributed by atoms with van der Waals surface area (Å²) < 4.78 is 27.2. The Labute approximate surface area is 95.9 Å². The van der Waals surface area contributed by atoms with Crippen molar-refractivity contribution < 1.29 is 8.42 Å². The molecular weight excluding hydrogens is 228 g/mol. The van der Waals surface area contributed by atoms with E-state index in [9.17, 15) is 8.42 Å². The van der Waals surface area contributed by atoms with Crippen LogP contribution < -0.4 is 10.5 Å². The smallest absolute Gasteiger partial charge is 0.211 e. The van der Waals surface area contributed by atoms with Gasteiger partial charge in [-0.05, 0) is 19.9 Å². The van der Waals surface area contributed by atoms with Crippen molar-refractivity contribution in [2.75, 3.05) is 12.3 Å². The van der Waals surface area contributed by atoms with Gasteiger partial charge in [0.25, 0.3) is 0 Å². The number of nitrogens with two attached hydrogens (primary N) is 1. The third-order valence-electron chi connectivity index (χ3n) is 2.44. The SMILES string of the molecule is Cc1c(CNS(=O)(=O)CCCN)cnn1C. The van der Waals surface area contributed by atoms with Crippen LogP contribution in [0.2, 0.25) is 0 Å². The second kappa shape index (κ2) is 5.42. The standard InChI is InChI=1S/C9H18N4O2S/c1-8-9(6-11-13(8)2)7-12-16(14,15)5-3-4-10/h6,12H,3-5,7,10H2,1-2H3. The molecule has 16 heavy (non-hydrogen) atoms. The monoisotopic (exact) mass is 246 g/mol. The van der Waals surface area contributed by atoms with Gasteiger partial charge in [-0.1, -0.05) is 0 Å². The van der Waals surface area contributed by atoms with E-state index < -0.39 is 10.0 Å². The number of hydrogen-bond acceptors (Lipinski definition) is 4. The highest BCUT2D eigenvalue weighted by Crippen LogP contribution is 2.05. The maximum absolute atomic E-state index is 11.5. The van der Waals surface area contributed by atoms with Gasteiger partial charge >= 0.3 is 0 Å². The second-order valence-electron chi connectivity index (χ2n) is 3.66. The Morgan fingerprint density at radius 3 is 2.75 bits per heavy atom. The van der Waals surface area contributed by atoms with Crippen LogP contribution in [0.15, 0.2) is 6.20 Å². The fourth-order valence-electron chi connectivity index (χ4n) is 1.25. The Morgan fingerprint density at radius 2 is 2.25 bits per heavy atom. The van der Waals surface area contributed by atoms with Gasteiger partial charge in [-0.3, -0.25) is 4.68 Å². The van der Waals surface area contributed by atoms with Crippen molar-refractivity contribution in [2.45, 2.75) is 19.9 Å².